The van der Waals surface area contributed by atoms with E-state index < -0.39 is 85.0 Å². The maximum absolute atomic E-state index is 12.5. The number of ether oxygens (including phenoxy) is 6. The van der Waals surface area contributed by atoms with Crippen LogP contribution in [-0.2, 0) is 139 Å². The van der Waals surface area contributed by atoms with Crippen molar-refractivity contribution >= 4 is 126 Å². The molecule has 138 heavy (non-hydrogen) atoms. The largest absolute Gasteiger partial charge is 0.469 e. The Hall–Kier alpha value is -10.4. The lowest BCUT2D eigenvalue weighted by Crippen LogP contribution is -2.32. The predicted molar refractivity (Wildman–Crippen MR) is 523 cm³/mol. The molecular weight excluding hydrogens is 1820 g/mol. The van der Waals surface area contributed by atoms with Crippen molar-refractivity contribution in [2.75, 3.05) is 14.2 Å². The molecule has 4 rings (SSSR count). The molecule has 0 aliphatic rings. The SMILES string of the molecule is CC(C)(C=O)CCC(=O)CCC(=O)CCC(C)(C)C=O.CC(C)(CCC(=O)CCC(=O)CCC(C)(C)C(=O)OCc1ccccc1)C(=O)OCc1ccccc1.CC(C)(CCC(=O)CCC(=O)CCC(C)(C)C(=O)Oc1ccccc1)C(=O)Oc1ccccc1.CC(C)(CCC(=O)CCC(=O)CCC(C)(C)S(=O)(=O)O)S(=O)(=O)O.COC(=O)C(C)(C)CCC(=O)CCC(=O)CCC(C)(C)C(=O)OC. The van der Waals surface area contributed by atoms with E-state index in [1.54, 1.807) is 159 Å². The summed E-state index contributed by atoms with van der Waals surface area (Å²) in [6, 6.07) is 36.5. The molecule has 0 saturated carbocycles. The van der Waals surface area contributed by atoms with Crippen molar-refractivity contribution in [3.63, 3.8) is 0 Å². The molecule has 0 radical (unpaired) electrons. The third-order valence-corrected chi connectivity index (χ3v) is 27.0. The van der Waals surface area contributed by atoms with Gasteiger partial charge >= 0.3 is 35.8 Å². The Labute approximate surface area is 817 Å². The average Bonchev–Trinajstić information content (AvgIpc) is 0.853. The molecule has 0 unspecified atom stereocenters. The summed E-state index contributed by atoms with van der Waals surface area (Å²) in [5.74, 6) is -2.22. The molecule has 0 spiro atoms. The van der Waals surface area contributed by atoms with Crippen LogP contribution in [0, 0.1) is 43.3 Å². The minimum Gasteiger partial charge on any atom is -0.469 e. The summed E-state index contributed by atoms with van der Waals surface area (Å²) < 4.78 is 90.6. The van der Waals surface area contributed by atoms with E-state index in [1.807, 2.05) is 72.8 Å². The molecule has 0 atom stereocenters. The van der Waals surface area contributed by atoms with Crippen molar-refractivity contribution in [1.29, 1.82) is 0 Å². The summed E-state index contributed by atoms with van der Waals surface area (Å²) >= 11 is 0. The number of Topliss-reactive ketones (excluding diaryl/α,β-unsaturated/α-hetero) is 10. The van der Waals surface area contributed by atoms with Crippen LogP contribution >= 0.6 is 0 Å². The zero-order valence-electron chi connectivity index (χ0n) is 85.5. The first-order chi connectivity index (χ1) is 63.6. The van der Waals surface area contributed by atoms with Gasteiger partial charge in [-0.15, -0.1) is 0 Å². The van der Waals surface area contributed by atoms with Gasteiger partial charge in [0.2, 0.25) is 0 Å². The van der Waals surface area contributed by atoms with E-state index in [0.29, 0.717) is 75.7 Å². The van der Waals surface area contributed by atoms with Crippen LogP contribution in [0.3, 0.4) is 0 Å². The number of carbonyl (C=O) groups excluding carboxylic acids is 18. The number of hydrogen-bond donors (Lipinski definition) is 2. The molecule has 2 N–H and O–H groups in total. The molecule has 0 saturated heterocycles. The molecule has 0 fully saturated rings. The third-order valence-electron chi connectivity index (χ3n) is 23.7. The van der Waals surface area contributed by atoms with Crippen LogP contribution in [0.15, 0.2) is 121 Å². The zero-order valence-corrected chi connectivity index (χ0v) is 87.1. The van der Waals surface area contributed by atoms with Crippen molar-refractivity contribution in [1.82, 2.24) is 0 Å². The van der Waals surface area contributed by atoms with Crippen molar-refractivity contribution in [2.24, 2.45) is 43.3 Å². The quantitative estimate of drug-likeness (QED) is 0.0136. The predicted octanol–water partition coefficient (Wildman–Crippen LogP) is 19.3. The number of para-hydroxylation sites is 2. The van der Waals surface area contributed by atoms with Gasteiger partial charge in [0.05, 0.1) is 56.2 Å². The molecule has 770 valence electrons. The lowest BCUT2D eigenvalue weighted by molar-refractivity contribution is -0.156. The maximum atomic E-state index is 12.5. The Morgan fingerprint density at radius 3 is 0.609 bits per heavy atom. The molecule has 4 aromatic rings. The molecule has 0 aromatic heterocycles. The second-order valence-corrected chi connectivity index (χ2v) is 45.5. The van der Waals surface area contributed by atoms with E-state index >= 15 is 0 Å². The maximum Gasteiger partial charge on any atom is 0.316 e. The van der Waals surface area contributed by atoms with Crippen molar-refractivity contribution in [3.05, 3.63) is 132 Å². The first-order valence-electron chi connectivity index (χ1n) is 46.7. The first kappa shape index (κ1) is 128. The highest BCUT2D eigenvalue weighted by Gasteiger charge is 2.39. The van der Waals surface area contributed by atoms with Crippen LogP contribution in [0.1, 0.15) is 342 Å². The highest BCUT2D eigenvalue weighted by Crippen LogP contribution is 2.34. The minimum absolute atomic E-state index is 0.0166. The van der Waals surface area contributed by atoms with E-state index in [4.69, 9.17) is 37.5 Å². The van der Waals surface area contributed by atoms with E-state index in [2.05, 4.69) is 0 Å². The van der Waals surface area contributed by atoms with Crippen LogP contribution in [0.25, 0.3) is 0 Å². The fourth-order valence-electron chi connectivity index (χ4n) is 12.0. The van der Waals surface area contributed by atoms with Crippen molar-refractivity contribution in [2.45, 2.75) is 354 Å². The fraction of sp³-hybridized carbons (Fsp3) is 0.604. The molecular formula is C106H154O30S2. The monoisotopic (exact) mass is 1970 g/mol. The second-order valence-electron chi connectivity index (χ2n) is 41.4. The van der Waals surface area contributed by atoms with Crippen LogP contribution < -0.4 is 9.47 Å². The summed E-state index contributed by atoms with van der Waals surface area (Å²) in [5, 5.41) is 0. The van der Waals surface area contributed by atoms with Gasteiger partial charge in [0.25, 0.3) is 20.2 Å². The Kier molecular flexibility index (Phi) is 55.9. The number of rotatable bonds is 61. The number of ketones is 10. The van der Waals surface area contributed by atoms with Crippen LogP contribution in [0.5, 0.6) is 11.5 Å². The van der Waals surface area contributed by atoms with E-state index in [-0.39, 0.29) is 223 Å². The van der Waals surface area contributed by atoms with Crippen LogP contribution in [-0.4, -0.2) is 156 Å². The highest BCUT2D eigenvalue weighted by atomic mass is 32.2. The molecule has 0 heterocycles. The van der Waals surface area contributed by atoms with Gasteiger partial charge in [-0.05, 0) is 210 Å². The smallest absolute Gasteiger partial charge is 0.316 e. The number of hydrogen-bond acceptors (Lipinski definition) is 28. The number of methoxy groups -OCH3 is 2. The van der Waals surface area contributed by atoms with Gasteiger partial charge in [-0.3, -0.25) is 85.8 Å². The van der Waals surface area contributed by atoms with Crippen LogP contribution in [0.2, 0.25) is 0 Å². The first-order valence-corrected chi connectivity index (χ1v) is 49.6. The average molecular weight is 1970 g/mol. The molecule has 0 bridgehead atoms. The second kappa shape index (κ2) is 60.5. The number of benzene rings is 4. The summed E-state index contributed by atoms with van der Waals surface area (Å²) in [6.45, 7) is 33.7. The number of esters is 6. The molecule has 0 aliphatic carbocycles. The summed E-state index contributed by atoms with van der Waals surface area (Å²) in [5.41, 5.74) is -3.79. The highest BCUT2D eigenvalue weighted by molar-refractivity contribution is 7.87. The zero-order chi connectivity index (χ0) is 106. The Balaban J connectivity index is 0.00000173. The molecule has 30 nitrogen and oxygen atoms in total. The molecule has 4 aromatic carbocycles. The third kappa shape index (κ3) is 54.8. The lowest BCUT2D eigenvalue weighted by Gasteiger charge is -2.22. The van der Waals surface area contributed by atoms with E-state index in [0.717, 1.165) is 23.7 Å². The molecule has 0 aliphatic heterocycles. The van der Waals surface area contributed by atoms with Gasteiger partial charge in [0.1, 0.15) is 95.1 Å². The number of carbonyl (C=O) groups is 18. The minimum atomic E-state index is -4.27. The summed E-state index contributed by atoms with van der Waals surface area (Å²) in [4.78, 5) is 214. The van der Waals surface area contributed by atoms with Crippen molar-refractivity contribution < 1.29 is 141 Å². The van der Waals surface area contributed by atoms with Gasteiger partial charge < -0.3 is 38.0 Å². The van der Waals surface area contributed by atoms with Crippen LogP contribution in [0.4, 0.5) is 0 Å². The Morgan fingerprint density at radius 2 is 0.420 bits per heavy atom. The van der Waals surface area contributed by atoms with Gasteiger partial charge in [-0.1, -0.05) is 125 Å². The van der Waals surface area contributed by atoms with Gasteiger partial charge in [-0.2, -0.15) is 16.8 Å². The van der Waals surface area contributed by atoms with E-state index in [1.165, 1.54) is 41.9 Å². The summed E-state index contributed by atoms with van der Waals surface area (Å²) in [6.07, 6.45) is 7.69. The standard InChI is InChI=1S/C30H38O6.C28H34O6.C18H30O6.C16H26O4.C14H26O8S2/c1-29(2,27(33)35-21-23-11-7-5-8-12-23)19-17-25(31)15-16-26(32)18-20-30(3,4)28(34)36-22-24-13-9-6-10-14-24;1-27(2,25(31)33-23-11-7-5-8-12-23)19-17-21(29)15-16-22(30)18-20-28(3,4)26(32)34-24-13-9-6-10-14-24;1-17(2,15(21)23-5)11-9-13(19)7-8-14(20)10-12-18(3,4)16(22)24-6;1-15(2,11-17)9-7-13(19)5-6-14(20)8-10-16(3,4)12-18;1-13(2,23(17,18)19)9-7-11(15)5-6-12(16)8-10-14(3,4)24(20,21)22/h5-14H,15-22H2,1-4H3;5-14H,15-20H2,1-4H3;7-12H2,1-6H3;11-12H,5-10H2,1-4H3;5-10H2,1-4H3,(H,17,18,19)(H,20,21,22). The molecule has 32 heteroatoms. The summed E-state index contributed by atoms with van der Waals surface area (Å²) in [7, 11) is -5.90. The van der Waals surface area contributed by atoms with Crippen molar-refractivity contribution in [3.8, 4) is 11.5 Å². The Bertz CT molecular complexity index is 4570. The molecule has 0 amide bonds. The van der Waals surface area contributed by atoms with Gasteiger partial charge in [-0.25, -0.2) is 0 Å². The van der Waals surface area contributed by atoms with Gasteiger partial charge in [0.15, 0.2) is 0 Å². The normalized spacial score (nSPS) is 12.0. The fourth-order valence-corrected chi connectivity index (χ4v) is 12.7. The lowest BCUT2D eigenvalue weighted by atomic mass is 9.85. The topological polar surface area (TPSA) is 471 Å². The Morgan fingerprint density at radius 1 is 0.246 bits per heavy atom. The number of aldehydes is 2. The van der Waals surface area contributed by atoms with Gasteiger partial charge in [0, 0.05) is 139 Å². The van der Waals surface area contributed by atoms with E-state index in [9.17, 15) is 103 Å².